The number of hydrogen-bond acceptors (Lipinski definition) is 2. The highest BCUT2D eigenvalue weighted by Gasteiger charge is 2.21. The van der Waals surface area contributed by atoms with Crippen molar-refractivity contribution in [1.82, 2.24) is 10.2 Å². The molecule has 1 aliphatic rings. The van der Waals surface area contributed by atoms with Gasteiger partial charge in [-0.1, -0.05) is 0 Å². The fourth-order valence-corrected chi connectivity index (χ4v) is 1.17. The SMILES string of the molecule is O=CNC1CCCN1C=O. The minimum Gasteiger partial charge on any atom is -0.338 e. The molecule has 1 unspecified atom stereocenters. The Morgan fingerprint density at radius 2 is 2.30 bits per heavy atom. The van der Waals surface area contributed by atoms with Crippen molar-refractivity contribution in [2.24, 2.45) is 0 Å². The fraction of sp³-hybridized carbons (Fsp3) is 0.667. The van der Waals surface area contributed by atoms with Crippen LogP contribution in [0.5, 0.6) is 0 Å². The van der Waals surface area contributed by atoms with Crippen molar-refractivity contribution < 1.29 is 9.59 Å². The van der Waals surface area contributed by atoms with Gasteiger partial charge in [0.25, 0.3) is 0 Å². The molecule has 1 rings (SSSR count). The Bertz CT molecular complexity index is 138. The van der Waals surface area contributed by atoms with Gasteiger partial charge in [-0.25, -0.2) is 0 Å². The van der Waals surface area contributed by atoms with Crippen LogP contribution in [-0.2, 0) is 9.59 Å². The van der Waals surface area contributed by atoms with Crippen LogP contribution in [0, 0.1) is 0 Å². The van der Waals surface area contributed by atoms with Crippen molar-refractivity contribution in [1.29, 1.82) is 0 Å². The summed E-state index contributed by atoms with van der Waals surface area (Å²) in [4.78, 5) is 21.8. The van der Waals surface area contributed by atoms with E-state index in [0.29, 0.717) is 6.41 Å². The second kappa shape index (κ2) is 3.20. The quantitative estimate of drug-likeness (QED) is 0.530. The van der Waals surface area contributed by atoms with E-state index in [2.05, 4.69) is 5.32 Å². The van der Waals surface area contributed by atoms with Crippen molar-refractivity contribution in [2.45, 2.75) is 19.0 Å². The molecule has 1 aliphatic heterocycles. The van der Waals surface area contributed by atoms with Gasteiger partial charge in [0.15, 0.2) is 0 Å². The van der Waals surface area contributed by atoms with Crippen LogP contribution in [0.1, 0.15) is 12.8 Å². The van der Waals surface area contributed by atoms with Crippen LogP contribution in [0.25, 0.3) is 0 Å². The lowest BCUT2D eigenvalue weighted by Gasteiger charge is -2.17. The van der Waals surface area contributed by atoms with Gasteiger partial charge in [-0.2, -0.15) is 0 Å². The molecule has 0 bridgehead atoms. The minimum atomic E-state index is -0.0602. The molecule has 1 saturated heterocycles. The molecule has 1 atom stereocenters. The van der Waals surface area contributed by atoms with E-state index in [4.69, 9.17) is 0 Å². The standard InChI is InChI=1S/C6H10N2O2/c9-4-7-6-2-1-3-8(6)5-10/h4-6H,1-3H2,(H,7,9). The molecule has 4 nitrogen and oxygen atoms in total. The molecule has 1 heterocycles. The largest absolute Gasteiger partial charge is 0.338 e. The van der Waals surface area contributed by atoms with Gasteiger partial charge in [-0.05, 0) is 12.8 Å². The number of nitrogens with one attached hydrogen (secondary N) is 1. The molecular formula is C6H10N2O2. The van der Waals surface area contributed by atoms with Gasteiger partial charge >= 0.3 is 0 Å². The number of rotatable bonds is 3. The predicted octanol–water partition coefficient (Wildman–Crippen LogP) is -0.689. The first-order valence-corrected chi connectivity index (χ1v) is 3.29. The zero-order valence-electron chi connectivity index (χ0n) is 5.62. The molecule has 0 aromatic carbocycles. The number of amides is 2. The van der Waals surface area contributed by atoms with Gasteiger partial charge in [-0.3, -0.25) is 9.59 Å². The third-order valence-electron chi connectivity index (χ3n) is 1.69. The summed E-state index contributed by atoms with van der Waals surface area (Å²) in [7, 11) is 0. The van der Waals surface area contributed by atoms with E-state index in [-0.39, 0.29) is 6.17 Å². The normalized spacial score (nSPS) is 24.4. The molecule has 1 N–H and O–H groups in total. The first kappa shape index (κ1) is 7.05. The van der Waals surface area contributed by atoms with Crippen LogP contribution in [0.2, 0.25) is 0 Å². The molecule has 10 heavy (non-hydrogen) atoms. The smallest absolute Gasteiger partial charge is 0.211 e. The highest BCUT2D eigenvalue weighted by molar-refractivity contribution is 5.52. The maximum atomic E-state index is 10.3. The average molecular weight is 142 g/mol. The highest BCUT2D eigenvalue weighted by atomic mass is 16.1. The van der Waals surface area contributed by atoms with Crippen molar-refractivity contribution in [3.8, 4) is 0 Å². The lowest BCUT2D eigenvalue weighted by Crippen LogP contribution is -2.39. The Morgan fingerprint density at radius 1 is 1.50 bits per heavy atom. The second-order valence-corrected chi connectivity index (χ2v) is 2.29. The van der Waals surface area contributed by atoms with E-state index in [1.165, 1.54) is 0 Å². The molecule has 0 saturated carbocycles. The Kier molecular flexibility index (Phi) is 2.25. The minimum absolute atomic E-state index is 0.0602. The van der Waals surface area contributed by atoms with Crippen molar-refractivity contribution in [3.05, 3.63) is 0 Å². The van der Waals surface area contributed by atoms with Crippen LogP contribution in [0.3, 0.4) is 0 Å². The Balaban J connectivity index is 2.41. The molecule has 0 radical (unpaired) electrons. The number of carbonyl (C=O) groups is 2. The van der Waals surface area contributed by atoms with Crippen LogP contribution >= 0.6 is 0 Å². The zero-order valence-corrected chi connectivity index (χ0v) is 5.62. The molecular weight excluding hydrogens is 132 g/mol. The van der Waals surface area contributed by atoms with Crippen molar-refractivity contribution in [2.75, 3.05) is 6.54 Å². The molecule has 1 fully saturated rings. The lowest BCUT2D eigenvalue weighted by atomic mass is 10.3. The molecule has 4 heteroatoms. The molecule has 0 spiro atoms. The third-order valence-corrected chi connectivity index (χ3v) is 1.69. The second-order valence-electron chi connectivity index (χ2n) is 2.29. The number of nitrogens with zero attached hydrogens (tertiary/aromatic N) is 1. The highest BCUT2D eigenvalue weighted by Crippen LogP contribution is 2.11. The van der Waals surface area contributed by atoms with Gasteiger partial charge in [0.1, 0.15) is 6.17 Å². The van der Waals surface area contributed by atoms with Crippen LogP contribution in [0.15, 0.2) is 0 Å². The molecule has 0 aromatic heterocycles. The van der Waals surface area contributed by atoms with E-state index >= 15 is 0 Å². The lowest BCUT2D eigenvalue weighted by molar-refractivity contribution is -0.120. The monoisotopic (exact) mass is 142 g/mol. The fourth-order valence-electron chi connectivity index (χ4n) is 1.17. The molecule has 2 amide bonds. The summed E-state index contributed by atoms with van der Waals surface area (Å²) in [5, 5.41) is 2.56. The third kappa shape index (κ3) is 1.26. The molecule has 0 aromatic rings. The van der Waals surface area contributed by atoms with Crippen LogP contribution < -0.4 is 5.32 Å². The summed E-state index contributed by atoms with van der Waals surface area (Å²) in [6, 6.07) is 0. The van der Waals surface area contributed by atoms with Crippen molar-refractivity contribution >= 4 is 12.8 Å². The number of likely N-dealkylation sites (tertiary alicyclic amines) is 1. The molecule has 0 aliphatic carbocycles. The zero-order chi connectivity index (χ0) is 7.40. The Hall–Kier alpha value is -1.06. The first-order chi connectivity index (χ1) is 4.88. The van der Waals surface area contributed by atoms with E-state index in [1.807, 2.05) is 0 Å². The summed E-state index contributed by atoms with van der Waals surface area (Å²) in [6.07, 6.45) is 3.19. The van der Waals surface area contributed by atoms with E-state index in [9.17, 15) is 9.59 Å². The predicted molar refractivity (Wildman–Crippen MR) is 35.0 cm³/mol. The van der Waals surface area contributed by atoms with Gasteiger partial charge in [0, 0.05) is 6.54 Å². The Labute approximate surface area is 59.2 Å². The summed E-state index contributed by atoms with van der Waals surface area (Å²) < 4.78 is 0. The average Bonchev–Trinajstić information content (AvgIpc) is 2.36. The topological polar surface area (TPSA) is 49.4 Å². The van der Waals surface area contributed by atoms with Crippen LogP contribution in [0.4, 0.5) is 0 Å². The van der Waals surface area contributed by atoms with Gasteiger partial charge in [0.2, 0.25) is 12.8 Å². The van der Waals surface area contributed by atoms with Gasteiger partial charge in [0.05, 0.1) is 0 Å². The maximum Gasteiger partial charge on any atom is 0.211 e. The van der Waals surface area contributed by atoms with Crippen molar-refractivity contribution in [3.63, 3.8) is 0 Å². The summed E-state index contributed by atoms with van der Waals surface area (Å²) in [5.41, 5.74) is 0. The van der Waals surface area contributed by atoms with Gasteiger partial charge < -0.3 is 10.2 Å². The van der Waals surface area contributed by atoms with Gasteiger partial charge in [-0.15, -0.1) is 0 Å². The van der Waals surface area contributed by atoms with Crippen LogP contribution in [-0.4, -0.2) is 30.4 Å². The number of carbonyl (C=O) groups excluding carboxylic acids is 2. The first-order valence-electron chi connectivity index (χ1n) is 3.29. The molecule has 56 valence electrons. The summed E-state index contributed by atoms with van der Waals surface area (Å²) in [6.45, 7) is 0.759. The Morgan fingerprint density at radius 3 is 2.90 bits per heavy atom. The van der Waals surface area contributed by atoms with E-state index in [0.717, 1.165) is 25.8 Å². The van der Waals surface area contributed by atoms with E-state index in [1.54, 1.807) is 4.90 Å². The number of hydrogen-bond donors (Lipinski definition) is 1. The summed E-state index contributed by atoms with van der Waals surface area (Å²) in [5.74, 6) is 0. The van der Waals surface area contributed by atoms with E-state index < -0.39 is 0 Å². The maximum absolute atomic E-state index is 10.3. The summed E-state index contributed by atoms with van der Waals surface area (Å²) >= 11 is 0.